The van der Waals surface area contributed by atoms with E-state index in [1.165, 1.54) is 0 Å². The summed E-state index contributed by atoms with van der Waals surface area (Å²) >= 11 is 0. The molecule has 7 heteroatoms. The maximum Gasteiger partial charge on any atom is 0.425 e. The summed E-state index contributed by atoms with van der Waals surface area (Å²) in [6.45, 7) is 12.6. The lowest BCUT2D eigenvalue weighted by Gasteiger charge is -2.26. The quantitative estimate of drug-likeness (QED) is 0.507. The van der Waals surface area contributed by atoms with Crippen molar-refractivity contribution in [2.45, 2.75) is 79.6 Å². The Morgan fingerprint density at radius 1 is 1.09 bits per heavy atom. The molecule has 2 aromatic rings. The Labute approximate surface area is 200 Å². The highest BCUT2D eigenvalue weighted by atomic mass is 19.4. The summed E-state index contributed by atoms with van der Waals surface area (Å²) in [7, 11) is 0. The fourth-order valence-electron chi connectivity index (χ4n) is 4.28. The van der Waals surface area contributed by atoms with Crippen LogP contribution in [-0.4, -0.2) is 24.7 Å². The molecule has 1 atom stereocenters. The summed E-state index contributed by atoms with van der Waals surface area (Å²) in [5.41, 5.74) is 5.96. The summed E-state index contributed by atoms with van der Waals surface area (Å²) in [6, 6.07) is 9.41. The summed E-state index contributed by atoms with van der Waals surface area (Å²) in [5.74, 6) is 0.257. The highest BCUT2D eigenvalue weighted by Crippen LogP contribution is 2.33. The molecule has 1 aliphatic rings. The third-order valence-corrected chi connectivity index (χ3v) is 6.02. The van der Waals surface area contributed by atoms with Gasteiger partial charge in [0.1, 0.15) is 5.75 Å². The van der Waals surface area contributed by atoms with Gasteiger partial charge in [0.25, 0.3) is 0 Å². The minimum Gasteiger partial charge on any atom is -0.481 e. The first-order valence-corrected chi connectivity index (χ1v) is 11.7. The predicted molar refractivity (Wildman–Crippen MR) is 131 cm³/mol. The van der Waals surface area contributed by atoms with E-state index in [1.54, 1.807) is 12.1 Å². The minimum atomic E-state index is -4.39. The second kappa shape index (κ2) is 9.88. The molecule has 34 heavy (non-hydrogen) atoms. The van der Waals surface area contributed by atoms with Crippen LogP contribution in [-0.2, 0) is 17.8 Å². The fraction of sp³-hybridized carbons (Fsp3) is 0.519. The Balaban J connectivity index is 1.77. The topological polar surface area (TPSA) is 41.6 Å². The summed E-state index contributed by atoms with van der Waals surface area (Å²) in [5, 5.41) is 3.07. The number of nitrogens with zero attached hydrogens (tertiary/aromatic N) is 1. The summed E-state index contributed by atoms with van der Waals surface area (Å²) in [4.78, 5) is 14.7. The molecule has 1 N–H and O–H groups in total. The van der Waals surface area contributed by atoms with Crippen molar-refractivity contribution >= 4 is 17.3 Å². The van der Waals surface area contributed by atoms with Crippen LogP contribution in [0.15, 0.2) is 30.3 Å². The molecule has 0 radical (unpaired) electrons. The smallest absolute Gasteiger partial charge is 0.425 e. The average molecular weight is 477 g/mol. The number of benzene rings is 2. The molecule has 1 aliphatic heterocycles. The van der Waals surface area contributed by atoms with Gasteiger partial charge in [-0.25, -0.2) is 0 Å². The van der Waals surface area contributed by atoms with Crippen molar-refractivity contribution in [2.24, 2.45) is 5.41 Å². The monoisotopic (exact) mass is 476 g/mol. The third-order valence-electron chi connectivity index (χ3n) is 6.02. The van der Waals surface area contributed by atoms with Gasteiger partial charge in [-0.3, -0.25) is 4.79 Å². The number of ether oxygens (including phenoxy) is 1. The normalized spacial score (nSPS) is 15.4. The van der Waals surface area contributed by atoms with Gasteiger partial charge in [-0.1, -0.05) is 26.8 Å². The van der Waals surface area contributed by atoms with E-state index in [1.807, 2.05) is 40.7 Å². The van der Waals surface area contributed by atoms with Crippen molar-refractivity contribution in [1.82, 2.24) is 0 Å². The largest absolute Gasteiger partial charge is 0.481 e. The van der Waals surface area contributed by atoms with Crippen molar-refractivity contribution < 1.29 is 22.7 Å². The molecule has 0 bridgehead atoms. The number of amides is 1. The van der Waals surface area contributed by atoms with Crippen LogP contribution in [0.25, 0.3) is 0 Å². The van der Waals surface area contributed by atoms with Gasteiger partial charge >= 0.3 is 6.18 Å². The first-order chi connectivity index (χ1) is 15.7. The number of nitrogens with one attached hydrogen (secondary N) is 1. The molecule has 0 saturated carbocycles. The number of carbonyl (C=O) groups is 1. The molecule has 0 fully saturated rings. The van der Waals surface area contributed by atoms with Gasteiger partial charge < -0.3 is 15.0 Å². The van der Waals surface area contributed by atoms with Gasteiger partial charge in [0, 0.05) is 30.9 Å². The van der Waals surface area contributed by atoms with Crippen molar-refractivity contribution in [3.63, 3.8) is 0 Å². The zero-order chi connectivity index (χ0) is 25.3. The zero-order valence-electron chi connectivity index (χ0n) is 20.9. The molecule has 1 unspecified atom stereocenters. The Hall–Kier alpha value is -2.70. The van der Waals surface area contributed by atoms with Gasteiger partial charge in [-0.2, -0.15) is 13.2 Å². The Morgan fingerprint density at radius 3 is 2.32 bits per heavy atom. The molecule has 4 nitrogen and oxygen atoms in total. The molecule has 186 valence electrons. The number of hydrogen-bond donors (Lipinski definition) is 1. The van der Waals surface area contributed by atoms with Crippen LogP contribution in [0, 0.1) is 19.3 Å². The number of halogens is 3. The van der Waals surface area contributed by atoms with Crippen LogP contribution in [0.5, 0.6) is 5.75 Å². The maximum absolute atomic E-state index is 12.9. The van der Waals surface area contributed by atoms with Crippen LogP contribution >= 0.6 is 0 Å². The van der Waals surface area contributed by atoms with E-state index >= 15 is 0 Å². The summed E-state index contributed by atoms with van der Waals surface area (Å²) < 4.78 is 43.7. The van der Waals surface area contributed by atoms with E-state index in [4.69, 9.17) is 4.74 Å². The Morgan fingerprint density at radius 2 is 1.74 bits per heavy atom. The van der Waals surface area contributed by atoms with Crippen LogP contribution in [0.2, 0.25) is 0 Å². The van der Waals surface area contributed by atoms with Crippen molar-refractivity contribution in [1.29, 1.82) is 0 Å². The van der Waals surface area contributed by atoms with E-state index in [0.717, 1.165) is 59.9 Å². The molecule has 3 rings (SSSR count). The Bertz CT molecular complexity index is 1020. The standard InChI is InChI=1S/C27H35F3N2O2/c1-17-12-22(13-18(2)25(17)31-24(33)15-26(4,5)6)32-11-7-8-20-14-23(10-9-21(20)16-32)34-19(3)27(28,29)30/h9-10,12-14,19H,7-8,11,15-16H2,1-6H3,(H,31,33). The van der Waals surface area contributed by atoms with Crippen molar-refractivity contribution in [3.8, 4) is 5.75 Å². The lowest BCUT2D eigenvalue weighted by atomic mass is 9.92. The molecular weight excluding hydrogens is 441 g/mol. The molecule has 0 saturated heterocycles. The lowest BCUT2D eigenvalue weighted by molar-refractivity contribution is -0.189. The van der Waals surface area contributed by atoms with E-state index in [-0.39, 0.29) is 17.1 Å². The van der Waals surface area contributed by atoms with Crippen LogP contribution < -0.4 is 15.0 Å². The minimum absolute atomic E-state index is 0.00742. The summed E-state index contributed by atoms with van der Waals surface area (Å²) in [6.07, 6.45) is -4.13. The lowest BCUT2D eigenvalue weighted by Crippen LogP contribution is -2.31. The van der Waals surface area contributed by atoms with Crippen LogP contribution in [0.3, 0.4) is 0 Å². The molecule has 1 amide bonds. The fourth-order valence-corrected chi connectivity index (χ4v) is 4.28. The van der Waals surface area contributed by atoms with Crippen molar-refractivity contribution in [2.75, 3.05) is 16.8 Å². The number of aryl methyl sites for hydroxylation is 3. The highest BCUT2D eigenvalue weighted by molar-refractivity contribution is 5.93. The second-order valence-electron chi connectivity index (χ2n) is 10.5. The van der Waals surface area contributed by atoms with E-state index in [0.29, 0.717) is 13.0 Å². The van der Waals surface area contributed by atoms with Crippen LogP contribution in [0.1, 0.15) is 62.8 Å². The highest BCUT2D eigenvalue weighted by Gasteiger charge is 2.38. The van der Waals surface area contributed by atoms with Gasteiger partial charge in [0.2, 0.25) is 5.91 Å². The SMILES string of the molecule is Cc1cc(N2CCCc3cc(OC(C)C(F)(F)F)ccc3C2)cc(C)c1NC(=O)CC(C)(C)C. The number of fused-ring (bicyclic) bond motifs is 1. The van der Waals surface area contributed by atoms with Gasteiger partial charge in [0.15, 0.2) is 6.10 Å². The maximum atomic E-state index is 12.9. The average Bonchev–Trinajstić information content (AvgIpc) is 2.90. The second-order valence-corrected chi connectivity index (χ2v) is 10.5. The third kappa shape index (κ3) is 6.67. The number of alkyl halides is 3. The van der Waals surface area contributed by atoms with Gasteiger partial charge in [-0.05, 0) is 85.5 Å². The van der Waals surface area contributed by atoms with E-state index in [2.05, 4.69) is 22.3 Å². The van der Waals surface area contributed by atoms with Gasteiger partial charge in [-0.15, -0.1) is 0 Å². The number of carbonyl (C=O) groups excluding carboxylic acids is 1. The van der Waals surface area contributed by atoms with E-state index in [9.17, 15) is 18.0 Å². The van der Waals surface area contributed by atoms with E-state index < -0.39 is 12.3 Å². The molecule has 0 spiro atoms. The molecule has 0 aromatic heterocycles. The molecular formula is C27H35F3N2O2. The molecule has 1 heterocycles. The Kier molecular flexibility index (Phi) is 7.53. The first kappa shape index (κ1) is 25.9. The predicted octanol–water partition coefficient (Wildman–Crippen LogP) is 6.96. The first-order valence-electron chi connectivity index (χ1n) is 11.7. The van der Waals surface area contributed by atoms with Gasteiger partial charge in [0.05, 0.1) is 0 Å². The van der Waals surface area contributed by atoms with Crippen LogP contribution in [0.4, 0.5) is 24.5 Å². The zero-order valence-corrected chi connectivity index (χ0v) is 20.9. The number of anilines is 2. The number of hydrogen-bond acceptors (Lipinski definition) is 3. The van der Waals surface area contributed by atoms with Crippen molar-refractivity contribution in [3.05, 3.63) is 52.6 Å². The molecule has 0 aliphatic carbocycles. The number of rotatable bonds is 5. The molecule has 2 aromatic carbocycles.